The first kappa shape index (κ1) is 12.5. The Bertz CT molecular complexity index is 554. The molecule has 0 aliphatic heterocycles. The van der Waals surface area contributed by atoms with Crippen LogP contribution in [0, 0.1) is 0 Å². The summed E-state index contributed by atoms with van der Waals surface area (Å²) in [6.45, 7) is 0. The number of esters is 1. The van der Waals surface area contributed by atoms with Gasteiger partial charge in [0, 0.05) is 18.0 Å². The molecule has 0 spiro atoms. The van der Waals surface area contributed by atoms with Crippen LogP contribution in [0.2, 0.25) is 0 Å². The van der Waals surface area contributed by atoms with E-state index in [1.54, 1.807) is 18.5 Å². The molecule has 2 heterocycles. The molecule has 0 saturated carbocycles. The number of carbonyl (C=O) groups is 1. The van der Waals surface area contributed by atoms with Gasteiger partial charge in [0.05, 0.1) is 25.8 Å². The van der Waals surface area contributed by atoms with E-state index in [0.717, 1.165) is 0 Å². The number of hydrogen-bond donors (Lipinski definition) is 2. The SMILES string of the molecule is COC(=O)CC(O)C(O)c1cnn2cccnc12. The number of nitrogens with zero attached hydrogens (tertiary/aromatic N) is 3. The lowest BCUT2D eigenvalue weighted by atomic mass is 10.1. The Morgan fingerprint density at radius 1 is 1.56 bits per heavy atom. The van der Waals surface area contributed by atoms with Gasteiger partial charge in [-0.15, -0.1) is 0 Å². The maximum Gasteiger partial charge on any atom is 0.308 e. The molecule has 96 valence electrons. The highest BCUT2D eigenvalue weighted by molar-refractivity contribution is 5.70. The van der Waals surface area contributed by atoms with Crippen molar-refractivity contribution in [1.82, 2.24) is 14.6 Å². The lowest BCUT2D eigenvalue weighted by Gasteiger charge is -2.15. The summed E-state index contributed by atoms with van der Waals surface area (Å²) in [5, 5.41) is 23.7. The van der Waals surface area contributed by atoms with Gasteiger partial charge in [-0.25, -0.2) is 9.50 Å². The van der Waals surface area contributed by atoms with Gasteiger partial charge in [-0.05, 0) is 6.07 Å². The number of carbonyl (C=O) groups excluding carboxylic acids is 1. The highest BCUT2D eigenvalue weighted by Crippen LogP contribution is 2.22. The summed E-state index contributed by atoms with van der Waals surface area (Å²) < 4.78 is 5.90. The Balaban J connectivity index is 2.22. The van der Waals surface area contributed by atoms with Crippen LogP contribution >= 0.6 is 0 Å². The average Bonchev–Trinajstić information content (AvgIpc) is 2.81. The van der Waals surface area contributed by atoms with Crippen LogP contribution in [-0.4, -0.2) is 44.0 Å². The molecule has 0 aliphatic carbocycles. The monoisotopic (exact) mass is 251 g/mol. The van der Waals surface area contributed by atoms with Gasteiger partial charge in [0.25, 0.3) is 0 Å². The van der Waals surface area contributed by atoms with Crippen LogP contribution in [0.5, 0.6) is 0 Å². The molecule has 0 radical (unpaired) electrons. The summed E-state index contributed by atoms with van der Waals surface area (Å²) >= 11 is 0. The van der Waals surface area contributed by atoms with Crippen molar-refractivity contribution >= 4 is 11.6 Å². The number of aliphatic hydroxyl groups excluding tert-OH is 2. The van der Waals surface area contributed by atoms with Crippen molar-refractivity contribution in [3.8, 4) is 0 Å². The van der Waals surface area contributed by atoms with Gasteiger partial charge in [0.2, 0.25) is 0 Å². The van der Waals surface area contributed by atoms with Crippen molar-refractivity contribution in [2.45, 2.75) is 18.6 Å². The quantitative estimate of drug-likeness (QED) is 0.723. The van der Waals surface area contributed by atoms with Crippen LogP contribution in [0.15, 0.2) is 24.7 Å². The molecule has 0 aliphatic rings. The number of fused-ring (bicyclic) bond motifs is 1. The van der Waals surface area contributed by atoms with Crippen molar-refractivity contribution in [2.75, 3.05) is 7.11 Å². The maximum absolute atomic E-state index is 11.0. The van der Waals surface area contributed by atoms with E-state index in [2.05, 4.69) is 14.8 Å². The smallest absolute Gasteiger partial charge is 0.308 e. The first-order valence-corrected chi connectivity index (χ1v) is 5.34. The van der Waals surface area contributed by atoms with Gasteiger partial charge in [0.15, 0.2) is 5.65 Å². The lowest BCUT2D eigenvalue weighted by Crippen LogP contribution is -2.22. The van der Waals surface area contributed by atoms with E-state index < -0.39 is 18.2 Å². The second-order valence-corrected chi connectivity index (χ2v) is 3.78. The molecule has 0 fully saturated rings. The molecule has 2 unspecified atom stereocenters. The predicted octanol–water partition coefficient (Wildman–Crippen LogP) is -0.313. The van der Waals surface area contributed by atoms with Gasteiger partial charge < -0.3 is 14.9 Å². The third-order valence-corrected chi connectivity index (χ3v) is 2.59. The lowest BCUT2D eigenvalue weighted by molar-refractivity contribution is -0.144. The highest BCUT2D eigenvalue weighted by Gasteiger charge is 2.25. The number of ether oxygens (including phenoxy) is 1. The van der Waals surface area contributed by atoms with E-state index in [1.807, 2.05) is 0 Å². The number of hydrogen-bond acceptors (Lipinski definition) is 6. The zero-order valence-electron chi connectivity index (χ0n) is 9.72. The minimum atomic E-state index is -1.26. The van der Waals surface area contributed by atoms with E-state index in [1.165, 1.54) is 17.8 Å². The topological polar surface area (TPSA) is 97.0 Å². The van der Waals surface area contributed by atoms with Crippen LogP contribution in [0.3, 0.4) is 0 Å². The maximum atomic E-state index is 11.0. The van der Waals surface area contributed by atoms with Gasteiger partial charge in [0.1, 0.15) is 6.10 Å². The van der Waals surface area contributed by atoms with Crippen molar-refractivity contribution in [3.05, 3.63) is 30.2 Å². The summed E-state index contributed by atoms with van der Waals surface area (Å²) in [6, 6.07) is 1.70. The molecule has 18 heavy (non-hydrogen) atoms. The molecule has 2 aromatic heterocycles. The normalized spacial score (nSPS) is 14.4. The molecule has 7 nitrogen and oxygen atoms in total. The van der Waals surface area contributed by atoms with Crippen LogP contribution in [0.25, 0.3) is 5.65 Å². The largest absolute Gasteiger partial charge is 0.469 e. The van der Waals surface area contributed by atoms with E-state index >= 15 is 0 Å². The summed E-state index contributed by atoms with van der Waals surface area (Å²) in [6.07, 6.45) is 1.85. The fourth-order valence-corrected chi connectivity index (χ4v) is 1.63. The number of methoxy groups -OCH3 is 1. The minimum Gasteiger partial charge on any atom is -0.469 e. The van der Waals surface area contributed by atoms with Crippen LogP contribution < -0.4 is 0 Å². The zero-order chi connectivity index (χ0) is 13.1. The number of aliphatic hydroxyl groups is 2. The minimum absolute atomic E-state index is 0.290. The van der Waals surface area contributed by atoms with Gasteiger partial charge in [-0.2, -0.15) is 5.10 Å². The summed E-state index contributed by atoms with van der Waals surface area (Å²) in [5.74, 6) is -0.592. The van der Waals surface area contributed by atoms with E-state index in [4.69, 9.17) is 0 Å². The van der Waals surface area contributed by atoms with Crippen molar-refractivity contribution in [2.24, 2.45) is 0 Å². The molecule has 2 rings (SSSR count). The van der Waals surface area contributed by atoms with Crippen LogP contribution in [0.4, 0.5) is 0 Å². The zero-order valence-corrected chi connectivity index (χ0v) is 9.72. The van der Waals surface area contributed by atoms with Gasteiger partial charge in [-0.3, -0.25) is 4.79 Å². The van der Waals surface area contributed by atoms with Gasteiger partial charge >= 0.3 is 5.97 Å². The predicted molar refractivity (Wildman–Crippen MR) is 60.6 cm³/mol. The number of aromatic nitrogens is 3. The first-order valence-electron chi connectivity index (χ1n) is 5.34. The van der Waals surface area contributed by atoms with Crippen LogP contribution in [0.1, 0.15) is 18.1 Å². The third kappa shape index (κ3) is 2.31. The van der Waals surface area contributed by atoms with E-state index in [-0.39, 0.29) is 6.42 Å². The molecule has 2 N–H and O–H groups in total. The van der Waals surface area contributed by atoms with Gasteiger partial charge in [-0.1, -0.05) is 0 Å². The Morgan fingerprint density at radius 2 is 2.33 bits per heavy atom. The first-order chi connectivity index (χ1) is 8.63. The molecule has 2 aromatic rings. The average molecular weight is 251 g/mol. The van der Waals surface area contributed by atoms with Crippen molar-refractivity contribution < 1.29 is 19.7 Å². The second-order valence-electron chi connectivity index (χ2n) is 3.78. The summed E-state index contributed by atoms with van der Waals surface area (Å²) in [5.41, 5.74) is 0.806. The fraction of sp³-hybridized carbons (Fsp3) is 0.364. The molecular formula is C11H13N3O4. The summed E-state index contributed by atoms with van der Waals surface area (Å²) in [4.78, 5) is 15.1. The fourth-order valence-electron chi connectivity index (χ4n) is 1.63. The summed E-state index contributed by atoms with van der Waals surface area (Å²) in [7, 11) is 1.22. The Morgan fingerprint density at radius 3 is 3.06 bits per heavy atom. The Hall–Kier alpha value is -1.99. The molecule has 0 aromatic carbocycles. The second kappa shape index (κ2) is 5.11. The highest BCUT2D eigenvalue weighted by atomic mass is 16.5. The standard InChI is InChI=1S/C11H13N3O4/c1-18-9(16)5-8(15)10(17)7-6-13-14-4-2-3-12-11(7)14/h2-4,6,8,10,15,17H,5H2,1H3. The molecule has 0 amide bonds. The molecule has 2 atom stereocenters. The molecule has 0 saturated heterocycles. The molecular weight excluding hydrogens is 238 g/mol. The van der Waals surface area contributed by atoms with E-state index in [0.29, 0.717) is 11.2 Å². The van der Waals surface area contributed by atoms with Crippen molar-refractivity contribution in [3.63, 3.8) is 0 Å². The Labute approximate surface area is 103 Å². The van der Waals surface area contributed by atoms with Crippen LogP contribution in [-0.2, 0) is 9.53 Å². The number of rotatable bonds is 4. The molecule has 0 bridgehead atoms. The van der Waals surface area contributed by atoms with E-state index in [9.17, 15) is 15.0 Å². The third-order valence-electron chi connectivity index (χ3n) is 2.59. The molecule has 7 heteroatoms. The Kier molecular flexibility index (Phi) is 3.54. The van der Waals surface area contributed by atoms with Crippen molar-refractivity contribution in [1.29, 1.82) is 0 Å².